The van der Waals surface area contributed by atoms with Crippen molar-refractivity contribution in [3.8, 4) is 11.5 Å². The van der Waals surface area contributed by atoms with Gasteiger partial charge in [-0.05, 0) is 117 Å². The van der Waals surface area contributed by atoms with Crippen LogP contribution >= 0.6 is 0 Å². The van der Waals surface area contributed by atoms with E-state index in [4.69, 9.17) is 4.74 Å². The first-order valence-corrected chi connectivity index (χ1v) is 15.6. The zero-order valence-electron chi connectivity index (χ0n) is 24.3. The number of benzene rings is 4. The van der Waals surface area contributed by atoms with Crippen LogP contribution in [0.5, 0.6) is 11.5 Å². The van der Waals surface area contributed by atoms with Gasteiger partial charge in [0, 0.05) is 18.7 Å². The number of rotatable bonds is 10. The van der Waals surface area contributed by atoms with E-state index in [0.29, 0.717) is 0 Å². The van der Waals surface area contributed by atoms with Crippen LogP contribution in [0.3, 0.4) is 0 Å². The summed E-state index contributed by atoms with van der Waals surface area (Å²) in [5, 5.41) is 0. The minimum Gasteiger partial charge on any atom is -0.457 e. The van der Waals surface area contributed by atoms with Crippen molar-refractivity contribution in [1.82, 2.24) is 9.80 Å². The third-order valence-corrected chi connectivity index (χ3v) is 9.04. The minimum absolute atomic E-state index is 0.782. The van der Waals surface area contributed by atoms with Gasteiger partial charge in [-0.15, -0.1) is 0 Å². The molecule has 2 fully saturated rings. The second-order valence-electron chi connectivity index (χ2n) is 12.2. The van der Waals surface area contributed by atoms with Gasteiger partial charge in [0.1, 0.15) is 11.5 Å². The molecule has 0 radical (unpaired) electrons. The number of hydrogen-bond acceptors (Lipinski definition) is 3. The summed E-state index contributed by atoms with van der Waals surface area (Å²) in [6.45, 7) is 6.65. The van der Waals surface area contributed by atoms with Gasteiger partial charge < -0.3 is 4.74 Å². The van der Waals surface area contributed by atoms with E-state index in [1.54, 1.807) is 0 Å². The molecule has 0 unspecified atom stereocenters. The Labute approximate surface area is 246 Å². The van der Waals surface area contributed by atoms with Gasteiger partial charge in [-0.25, -0.2) is 0 Å². The van der Waals surface area contributed by atoms with E-state index >= 15 is 0 Å². The fourth-order valence-corrected chi connectivity index (χ4v) is 6.66. The number of piperidine rings is 2. The number of likely N-dealkylation sites (tertiary alicyclic amines) is 2. The molecule has 0 atom stereocenters. The number of ether oxygens (including phenoxy) is 1. The molecule has 2 saturated heterocycles. The van der Waals surface area contributed by atoms with Crippen LogP contribution in [0.4, 0.5) is 0 Å². The Morgan fingerprint density at radius 1 is 0.512 bits per heavy atom. The van der Waals surface area contributed by atoms with Crippen LogP contribution in [0.1, 0.15) is 47.9 Å². The highest BCUT2D eigenvalue weighted by atomic mass is 16.5. The number of para-hydroxylation sites is 1. The highest BCUT2D eigenvalue weighted by molar-refractivity contribution is 5.40. The monoisotopic (exact) mass is 544 g/mol. The van der Waals surface area contributed by atoms with Crippen molar-refractivity contribution in [2.75, 3.05) is 26.2 Å². The molecule has 3 heteroatoms. The molecule has 41 heavy (non-hydrogen) atoms. The summed E-state index contributed by atoms with van der Waals surface area (Å²) in [4.78, 5) is 5.28. The molecule has 4 aromatic rings. The average Bonchev–Trinajstić information content (AvgIpc) is 3.02. The summed E-state index contributed by atoms with van der Waals surface area (Å²) in [5.41, 5.74) is 5.67. The molecule has 0 saturated carbocycles. The molecule has 4 aromatic carbocycles. The van der Waals surface area contributed by atoms with Gasteiger partial charge in [-0.3, -0.25) is 9.80 Å². The fraction of sp³-hybridized carbons (Fsp3) is 0.368. The van der Waals surface area contributed by atoms with Gasteiger partial charge in [0.05, 0.1) is 0 Å². The van der Waals surface area contributed by atoms with Crippen molar-refractivity contribution < 1.29 is 4.74 Å². The summed E-state index contributed by atoms with van der Waals surface area (Å²) in [6, 6.07) is 39.1. The summed E-state index contributed by atoms with van der Waals surface area (Å²) in [5.74, 6) is 3.48. The standard InChI is InChI=1S/C38H44N2O/c1-4-10-31(11-5-1)26-33-18-22-39(23-19-33)29-35-16-17-38(41-37-14-8-3-9-15-37)36(28-35)30-40-24-20-34(21-25-40)27-32-12-6-2-7-13-32/h1-17,28,33-34H,18-27,29-30H2. The maximum Gasteiger partial charge on any atom is 0.131 e. The maximum absolute atomic E-state index is 6.43. The van der Waals surface area contributed by atoms with Gasteiger partial charge >= 0.3 is 0 Å². The Morgan fingerprint density at radius 2 is 1.00 bits per heavy atom. The summed E-state index contributed by atoms with van der Waals surface area (Å²) in [7, 11) is 0. The van der Waals surface area contributed by atoms with E-state index in [2.05, 4.69) is 88.7 Å². The summed E-state index contributed by atoms with van der Waals surface area (Å²) in [6.07, 6.45) is 7.52. The van der Waals surface area contributed by atoms with E-state index in [1.165, 1.54) is 73.9 Å². The predicted octanol–water partition coefficient (Wildman–Crippen LogP) is 8.39. The molecule has 212 valence electrons. The van der Waals surface area contributed by atoms with Crippen molar-refractivity contribution in [2.24, 2.45) is 11.8 Å². The number of nitrogens with zero attached hydrogens (tertiary/aromatic N) is 2. The average molecular weight is 545 g/mol. The Morgan fingerprint density at radius 3 is 1.54 bits per heavy atom. The third kappa shape index (κ3) is 8.09. The van der Waals surface area contributed by atoms with E-state index < -0.39 is 0 Å². The largest absolute Gasteiger partial charge is 0.457 e. The molecule has 3 nitrogen and oxygen atoms in total. The Bertz CT molecular complexity index is 1320. The van der Waals surface area contributed by atoms with Gasteiger partial charge in [0.2, 0.25) is 0 Å². The van der Waals surface area contributed by atoms with Crippen LogP contribution in [0.25, 0.3) is 0 Å². The molecule has 0 aromatic heterocycles. The van der Waals surface area contributed by atoms with Crippen LogP contribution in [0, 0.1) is 11.8 Å². The quantitative estimate of drug-likeness (QED) is 0.199. The summed E-state index contributed by atoms with van der Waals surface area (Å²) >= 11 is 0. The molecule has 0 N–H and O–H groups in total. The Kier molecular flexibility index (Phi) is 9.46. The molecule has 0 amide bonds. The zero-order valence-corrected chi connectivity index (χ0v) is 24.3. The Balaban J connectivity index is 1.08. The van der Waals surface area contributed by atoms with Gasteiger partial charge in [-0.2, -0.15) is 0 Å². The van der Waals surface area contributed by atoms with E-state index in [9.17, 15) is 0 Å². The van der Waals surface area contributed by atoms with Gasteiger partial charge in [0.15, 0.2) is 0 Å². The topological polar surface area (TPSA) is 15.7 Å². The van der Waals surface area contributed by atoms with Crippen LogP contribution < -0.4 is 4.74 Å². The smallest absolute Gasteiger partial charge is 0.131 e. The SMILES string of the molecule is c1ccc(CC2CCN(Cc3ccc(Oc4ccccc4)c(CN4CCC(Cc5ccccc5)CC4)c3)CC2)cc1. The van der Waals surface area contributed by atoms with Crippen LogP contribution in [-0.4, -0.2) is 36.0 Å². The molecule has 0 bridgehead atoms. The molecule has 2 heterocycles. The highest BCUT2D eigenvalue weighted by Gasteiger charge is 2.22. The molecule has 6 rings (SSSR count). The van der Waals surface area contributed by atoms with Crippen molar-refractivity contribution >= 4 is 0 Å². The van der Waals surface area contributed by atoms with Crippen LogP contribution in [0.15, 0.2) is 109 Å². The minimum atomic E-state index is 0.782. The molecule has 0 aliphatic carbocycles. The highest BCUT2D eigenvalue weighted by Crippen LogP contribution is 2.31. The van der Waals surface area contributed by atoms with Crippen molar-refractivity contribution in [3.63, 3.8) is 0 Å². The second-order valence-corrected chi connectivity index (χ2v) is 12.2. The first-order chi connectivity index (χ1) is 20.3. The number of hydrogen-bond donors (Lipinski definition) is 0. The Hall–Kier alpha value is -3.40. The lowest BCUT2D eigenvalue weighted by atomic mass is 9.90. The predicted molar refractivity (Wildman–Crippen MR) is 169 cm³/mol. The van der Waals surface area contributed by atoms with E-state index in [-0.39, 0.29) is 0 Å². The summed E-state index contributed by atoms with van der Waals surface area (Å²) < 4.78 is 6.43. The van der Waals surface area contributed by atoms with Crippen molar-refractivity contribution in [2.45, 2.75) is 51.6 Å². The van der Waals surface area contributed by atoms with Crippen LogP contribution in [-0.2, 0) is 25.9 Å². The molecular weight excluding hydrogens is 500 g/mol. The van der Waals surface area contributed by atoms with Crippen LogP contribution in [0.2, 0.25) is 0 Å². The lowest BCUT2D eigenvalue weighted by molar-refractivity contribution is 0.173. The molecule has 0 spiro atoms. The maximum atomic E-state index is 6.43. The first-order valence-electron chi connectivity index (χ1n) is 15.6. The third-order valence-electron chi connectivity index (χ3n) is 9.04. The van der Waals surface area contributed by atoms with Gasteiger partial charge in [0.25, 0.3) is 0 Å². The van der Waals surface area contributed by atoms with E-state index in [1.807, 2.05) is 30.3 Å². The van der Waals surface area contributed by atoms with Crippen molar-refractivity contribution in [1.29, 1.82) is 0 Å². The molecule has 2 aliphatic rings. The normalized spacial score (nSPS) is 17.5. The lowest BCUT2D eigenvalue weighted by Crippen LogP contribution is -2.34. The lowest BCUT2D eigenvalue weighted by Gasteiger charge is -2.33. The first kappa shape index (κ1) is 27.8. The molecular formula is C38H44N2O. The van der Waals surface area contributed by atoms with Crippen molar-refractivity contribution in [3.05, 3.63) is 131 Å². The van der Waals surface area contributed by atoms with E-state index in [0.717, 1.165) is 49.5 Å². The fourth-order valence-electron chi connectivity index (χ4n) is 6.66. The van der Waals surface area contributed by atoms with Gasteiger partial charge in [-0.1, -0.05) is 84.9 Å². The molecule has 2 aliphatic heterocycles. The zero-order chi connectivity index (χ0) is 27.7. The second kappa shape index (κ2) is 14.0.